The van der Waals surface area contributed by atoms with Crippen LogP contribution in [0.1, 0.15) is 19.8 Å². The quantitative estimate of drug-likeness (QED) is 0.614. The first kappa shape index (κ1) is 14.2. The minimum atomic E-state index is 0.552. The molecule has 1 heterocycles. The van der Waals surface area contributed by atoms with E-state index in [-0.39, 0.29) is 0 Å². The zero-order valence-corrected chi connectivity index (χ0v) is 10.5. The van der Waals surface area contributed by atoms with Crippen LogP contribution in [0.25, 0.3) is 0 Å². The first-order valence-corrected chi connectivity index (χ1v) is 6.24. The Morgan fingerprint density at radius 1 is 1.40 bits per heavy atom. The molecule has 0 aliphatic heterocycles. The fraction of sp³-hybridized carbons (Fsp3) is 0.500. The van der Waals surface area contributed by atoms with E-state index in [0.717, 1.165) is 10.8 Å². The number of nitrogens with zero attached hydrogens (tertiary/aromatic N) is 4. The molecule has 1 aromatic heterocycles. The smallest absolute Gasteiger partial charge is 0.181 e. The molecule has 0 amide bonds. The summed E-state index contributed by atoms with van der Waals surface area (Å²) in [5.74, 6) is 1.08. The van der Waals surface area contributed by atoms with E-state index in [9.17, 15) is 0 Å². The molecule has 0 atom stereocenters. The van der Waals surface area contributed by atoms with Crippen LogP contribution in [0.5, 0.6) is 0 Å². The maximum absolute atomic E-state index is 7.26. The average Bonchev–Trinajstić information content (AvgIpc) is 2.65. The Hall–Kier alpha value is -0.820. The van der Waals surface area contributed by atoms with Gasteiger partial charge in [-0.25, -0.2) is 0 Å². The van der Waals surface area contributed by atoms with Gasteiger partial charge in [-0.15, -0.1) is 11.8 Å². The molecule has 0 saturated heterocycles. The lowest BCUT2D eigenvalue weighted by atomic mass is 10.4. The number of thioether (sulfide) groups is 1. The number of aromatic nitrogens is 2. The standard InChI is InChI=1S/C6H9ClN2S2.C2N2/c1-2-3-4-10-6-5(7)8-11-9-6;3-1-2-4/h2-4H2,1H3;. The molecule has 0 N–H and O–H groups in total. The number of rotatable bonds is 4. The fourth-order valence-electron chi connectivity index (χ4n) is 0.569. The van der Waals surface area contributed by atoms with E-state index in [2.05, 4.69) is 15.7 Å². The van der Waals surface area contributed by atoms with Crippen LogP contribution in [0.4, 0.5) is 0 Å². The summed E-state index contributed by atoms with van der Waals surface area (Å²) in [6.45, 7) is 2.17. The van der Waals surface area contributed by atoms with Crippen LogP contribution >= 0.6 is 35.1 Å². The molecule has 0 bridgehead atoms. The Kier molecular flexibility index (Phi) is 9.19. The lowest BCUT2D eigenvalue weighted by molar-refractivity contribution is 0.895. The predicted molar refractivity (Wildman–Crippen MR) is 61.8 cm³/mol. The van der Waals surface area contributed by atoms with E-state index < -0.39 is 0 Å². The van der Waals surface area contributed by atoms with E-state index in [0.29, 0.717) is 5.15 Å². The lowest BCUT2D eigenvalue weighted by Gasteiger charge is -1.93. The van der Waals surface area contributed by atoms with Crippen molar-refractivity contribution in [2.24, 2.45) is 0 Å². The van der Waals surface area contributed by atoms with Crippen LogP contribution < -0.4 is 0 Å². The highest BCUT2D eigenvalue weighted by Crippen LogP contribution is 2.24. The van der Waals surface area contributed by atoms with Gasteiger partial charge in [0.2, 0.25) is 0 Å². The SMILES string of the molecule is CCCCSc1nsnc1Cl.N#CC#N. The molecule has 4 nitrogen and oxygen atoms in total. The number of nitriles is 2. The maximum atomic E-state index is 7.26. The largest absolute Gasteiger partial charge is 0.181 e. The molecule has 1 rings (SSSR count). The average molecular weight is 261 g/mol. The zero-order chi connectivity index (χ0) is 11.5. The summed E-state index contributed by atoms with van der Waals surface area (Å²) >= 11 is 8.59. The van der Waals surface area contributed by atoms with Crippen LogP contribution in [-0.2, 0) is 0 Å². The van der Waals surface area contributed by atoms with E-state index in [1.54, 1.807) is 11.8 Å². The second kappa shape index (κ2) is 9.72. The van der Waals surface area contributed by atoms with Crippen molar-refractivity contribution >= 4 is 35.1 Å². The van der Waals surface area contributed by atoms with Gasteiger partial charge in [0, 0.05) is 0 Å². The van der Waals surface area contributed by atoms with Gasteiger partial charge in [0.25, 0.3) is 0 Å². The Balaban J connectivity index is 0.000000423. The topological polar surface area (TPSA) is 73.4 Å². The van der Waals surface area contributed by atoms with Crippen molar-refractivity contribution in [1.29, 1.82) is 10.5 Å². The Morgan fingerprint density at radius 2 is 2.07 bits per heavy atom. The van der Waals surface area contributed by atoms with Gasteiger partial charge >= 0.3 is 0 Å². The normalized spacial score (nSPS) is 8.27. The predicted octanol–water partition coefficient (Wildman–Crippen LogP) is 3.12. The summed E-state index contributed by atoms with van der Waals surface area (Å²) in [5.41, 5.74) is 0. The van der Waals surface area contributed by atoms with Crippen LogP contribution in [0.3, 0.4) is 0 Å². The van der Waals surface area contributed by atoms with Crippen molar-refractivity contribution in [3.05, 3.63) is 5.15 Å². The van der Waals surface area contributed by atoms with Gasteiger partial charge in [0.15, 0.2) is 17.3 Å². The minimum Gasteiger partial charge on any atom is -0.181 e. The van der Waals surface area contributed by atoms with Gasteiger partial charge in [-0.1, -0.05) is 24.9 Å². The lowest BCUT2D eigenvalue weighted by Crippen LogP contribution is -1.78. The molecule has 0 saturated carbocycles. The van der Waals surface area contributed by atoms with Gasteiger partial charge < -0.3 is 0 Å². The van der Waals surface area contributed by atoms with E-state index >= 15 is 0 Å². The van der Waals surface area contributed by atoms with Crippen molar-refractivity contribution < 1.29 is 0 Å². The Bertz CT molecular complexity index is 340. The fourth-order valence-corrected chi connectivity index (χ4v) is 2.44. The Labute approximate surface area is 102 Å². The third-order valence-corrected chi connectivity index (χ3v) is 3.38. The van der Waals surface area contributed by atoms with Gasteiger partial charge in [-0.2, -0.15) is 19.3 Å². The molecule has 0 radical (unpaired) electrons. The summed E-state index contributed by atoms with van der Waals surface area (Å²) in [5, 5.41) is 16.0. The summed E-state index contributed by atoms with van der Waals surface area (Å²) in [7, 11) is 0. The van der Waals surface area contributed by atoms with Crippen molar-refractivity contribution in [3.63, 3.8) is 0 Å². The number of hydrogen-bond donors (Lipinski definition) is 0. The molecule has 0 aliphatic carbocycles. The monoisotopic (exact) mass is 260 g/mol. The van der Waals surface area contributed by atoms with E-state index in [1.807, 2.05) is 0 Å². The molecule has 0 aromatic carbocycles. The highest BCUT2D eigenvalue weighted by molar-refractivity contribution is 7.99. The second-order valence-corrected chi connectivity index (χ2v) is 4.26. The first-order valence-electron chi connectivity index (χ1n) is 4.15. The molecule has 7 heteroatoms. The van der Waals surface area contributed by atoms with E-state index in [1.165, 1.54) is 36.7 Å². The molecular formula is C8H9ClN4S2. The molecule has 0 aliphatic rings. The van der Waals surface area contributed by atoms with Crippen molar-refractivity contribution in [1.82, 2.24) is 8.75 Å². The van der Waals surface area contributed by atoms with Crippen molar-refractivity contribution in [2.75, 3.05) is 5.75 Å². The third-order valence-electron chi connectivity index (χ3n) is 1.21. The minimum absolute atomic E-state index is 0.552. The molecule has 1 aromatic rings. The number of halogens is 1. The molecule has 15 heavy (non-hydrogen) atoms. The van der Waals surface area contributed by atoms with Crippen LogP contribution in [0.15, 0.2) is 5.03 Å². The van der Waals surface area contributed by atoms with Gasteiger partial charge in [0.1, 0.15) is 5.03 Å². The summed E-state index contributed by atoms with van der Waals surface area (Å²) in [6.07, 6.45) is 2.42. The molecule has 0 fully saturated rings. The van der Waals surface area contributed by atoms with Gasteiger partial charge in [-0.05, 0) is 12.2 Å². The summed E-state index contributed by atoms with van der Waals surface area (Å²) in [4.78, 5) is 0. The highest BCUT2D eigenvalue weighted by Gasteiger charge is 2.03. The molecule has 80 valence electrons. The van der Waals surface area contributed by atoms with Crippen LogP contribution in [0, 0.1) is 22.7 Å². The molecule has 0 spiro atoms. The number of hydrogen-bond acceptors (Lipinski definition) is 6. The van der Waals surface area contributed by atoms with Crippen molar-refractivity contribution in [3.8, 4) is 12.1 Å². The molecule has 0 unspecified atom stereocenters. The van der Waals surface area contributed by atoms with Crippen LogP contribution in [0.2, 0.25) is 5.15 Å². The zero-order valence-electron chi connectivity index (χ0n) is 8.10. The number of unbranched alkanes of at least 4 members (excludes halogenated alkanes) is 1. The maximum Gasteiger partial charge on any atom is 0.181 e. The summed E-state index contributed by atoms with van der Waals surface area (Å²) < 4.78 is 7.92. The third kappa shape index (κ3) is 7.15. The second-order valence-electron chi connectivity index (χ2n) is 2.29. The van der Waals surface area contributed by atoms with E-state index in [4.69, 9.17) is 22.1 Å². The highest BCUT2D eigenvalue weighted by atomic mass is 35.5. The summed E-state index contributed by atoms with van der Waals surface area (Å²) in [6, 6.07) is 2.47. The van der Waals surface area contributed by atoms with Gasteiger partial charge in [-0.3, -0.25) is 0 Å². The van der Waals surface area contributed by atoms with Gasteiger partial charge in [0.05, 0.1) is 11.7 Å². The Morgan fingerprint density at radius 3 is 2.47 bits per heavy atom. The first-order chi connectivity index (χ1) is 7.26. The van der Waals surface area contributed by atoms with Crippen LogP contribution in [-0.4, -0.2) is 14.5 Å². The molecular weight excluding hydrogens is 252 g/mol. The van der Waals surface area contributed by atoms with Crippen molar-refractivity contribution in [2.45, 2.75) is 24.8 Å².